The van der Waals surface area contributed by atoms with Crippen LogP contribution in [0.2, 0.25) is 5.02 Å². The number of non-ortho nitro benzene ring substituents is 1. The Bertz CT molecular complexity index is 970. The van der Waals surface area contributed by atoms with Gasteiger partial charge in [0.15, 0.2) is 0 Å². The lowest BCUT2D eigenvalue weighted by Gasteiger charge is -2.15. The van der Waals surface area contributed by atoms with Gasteiger partial charge in [-0.3, -0.25) is 14.9 Å². The second-order valence-corrected chi connectivity index (χ2v) is 8.10. The maximum atomic E-state index is 12.4. The molecule has 146 valence electrons. The number of nitro groups is 1. The number of hydrogen-bond acceptors (Lipinski definition) is 5. The third-order valence-electron chi connectivity index (χ3n) is 6.03. The van der Waals surface area contributed by atoms with Crippen molar-refractivity contribution in [2.24, 2.45) is 22.4 Å². The molecule has 1 N–H and O–H groups in total. The van der Waals surface area contributed by atoms with Crippen molar-refractivity contribution in [2.75, 3.05) is 0 Å². The van der Waals surface area contributed by atoms with E-state index in [0.29, 0.717) is 28.0 Å². The number of hydrazone groups is 1. The number of benzene rings is 1. The van der Waals surface area contributed by atoms with E-state index in [9.17, 15) is 14.9 Å². The predicted molar refractivity (Wildman–Crippen MR) is 105 cm³/mol. The first-order valence-electron chi connectivity index (χ1n) is 9.27. The van der Waals surface area contributed by atoms with Crippen LogP contribution in [0.5, 0.6) is 0 Å². The highest BCUT2D eigenvalue weighted by molar-refractivity contribution is 6.33. The molecule has 3 unspecified atom stereocenters. The monoisotopic (exact) mass is 401 g/mol. The van der Waals surface area contributed by atoms with Crippen LogP contribution in [0, 0.1) is 27.4 Å². The summed E-state index contributed by atoms with van der Waals surface area (Å²) in [5.74, 6) is 1.28. The lowest BCUT2D eigenvalue weighted by molar-refractivity contribution is -0.384. The Kier molecular flexibility index (Phi) is 4.71. The summed E-state index contributed by atoms with van der Waals surface area (Å²) in [6.07, 6.45) is 6.02. The van der Waals surface area contributed by atoms with Gasteiger partial charge in [-0.25, -0.2) is 5.43 Å². The number of amides is 1. The third-order valence-corrected chi connectivity index (χ3v) is 6.36. The van der Waals surface area contributed by atoms with Gasteiger partial charge in [0.1, 0.15) is 11.5 Å². The van der Waals surface area contributed by atoms with Gasteiger partial charge in [0, 0.05) is 23.6 Å². The second kappa shape index (κ2) is 7.05. The van der Waals surface area contributed by atoms with Crippen LogP contribution in [0.25, 0.3) is 11.3 Å². The van der Waals surface area contributed by atoms with Crippen LogP contribution in [-0.2, 0) is 4.79 Å². The number of nitrogens with one attached hydrogen (secondary N) is 1. The average molecular weight is 402 g/mol. The van der Waals surface area contributed by atoms with E-state index < -0.39 is 4.92 Å². The van der Waals surface area contributed by atoms with Crippen LogP contribution in [0.1, 0.15) is 38.4 Å². The summed E-state index contributed by atoms with van der Waals surface area (Å²) in [6, 6.07) is 7.48. The van der Waals surface area contributed by atoms with E-state index in [1.54, 1.807) is 12.1 Å². The minimum absolute atomic E-state index is 0.0424. The zero-order valence-electron chi connectivity index (χ0n) is 15.4. The fourth-order valence-electron chi connectivity index (χ4n) is 4.46. The summed E-state index contributed by atoms with van der Waals surface area (Å²) in [6.45, 7) is 2.19. The normalized spacial score (nSPS) is 26.1. The Morgan fingerprint density at radius 1 is 1.39 bits per heavy atom. The van der Waals surface area contributed by atoms with Gasteiger partial charge in [-0.2, -0.15) is 5.10 Å². The maximum absolute atomic E-state index is 12.4. The van der Waals surface area contributed by atoms with Gasteiger partial charge in [-0.1, -0.05) is 31.4 Å². The first-order chi connectivity index (χ1) is 13.4. The Morgan fingerprint density at radius 3 is 2.93 bits per heavy atom. The van der Waals surface area contributed by atoms with Crippen LogP contribution < -0.4 is 5.43 Å². The largest absolute Gasteiger partial charge is 0.455 e. The number of furan rings is 1. The van der Waals surface area contributed by atoms with E-state index in [-0.39, 0.29) is 22.9 Å². The molecule has 0 bridgehead atoms. The predicted octanol–water partition coefficient (Wildman–Crippen LogP) is 4.78. The number of carbonyl (C=O) groups is 1. The number of hydrogen-bond donors (Lipinski definition) is 1. The molecule has 3 atom stereocenters. The molecule has 0 radical (unpaired) electrons. The van der Waals surface area contributed by atoms with E-state index in [1.807, 2.05) is 0 Å². The van der Waals surface area contributed by atoms with Crippen molar-refractivity contribution in [3.8, 4) is 11.3 Å². The third kappa shape index (κ3) is 3.30. The van der Waals surface area contributed by atoms with Gasteiger partial charge >= 0.3 is 0 Å². The van der Waals surface area contributed by atoms with E-state index in [0.717, 1.165) is 12.8 Å². The zero-order chi connectivity index (χ0) is 19.9. The summed E-state index contributed by atoms with van der Waals surface area (Å²) < 4.78 is 5.65. The SMILES string of the molecule is CC12CCCCC1C2C(=O)NN=Cc1ccc(-c2cc([N+](=O)[O-])ccc2Cl)o1. The molecule has 1 aromatic heterocycles. The Morgan fingerprint density at radius 2 is 2.21 bits per heavy atom. The first kappa shape index (κ1) is 18.7. The highest BCUT2D eigenvalue weighted by Crippen LogP contribution is 2.66. The molecule has 2 aliphatic rings. The van der Waals surface area contributed by atoms with E-state index in [1.165, 1.54) is 37.3 Å². The highest BCUT2D eigenvalue weighted by atomic mass is 35.5. The smallest absolute Gasteiger partial charge is 0.270 e. The Hall–Kier alpha value is -2.67. The molecular weight excluding hydrogens is 382 g/mol. The van der Waals surface area contributed by atoms with Crippen molar-refractivity contribution in [3.05, 3.63) is 51.2 Å². The number of halogens is 1. The van der Waals surface area contributed by atoms with Crippen molar-refractivity contribution in [1.82, 2.24) is 5.43 Å². The standard InChI is InChI=1S/C20H20ClN3O4/c1-20-9-3-2-4-15(20)18(20)19(25)23-22-11-13-6-8-17(28-13)14-10-12(24(26)27)5-7-16(14)21/h5-8,10-11,15,18H,2-4,9H2,1H3,(H,23,25). The molecule has 0 aliphatic heterocycles. The van der Waals surface area contributed by atoms with Crippen LogP contribution in [-0.4, -0.2) is 17.0 Å². The molecule has 0 saturated heterocycles. The Labute approximate surface area is 166 Å². The number of nitrogens with zero attached hydrogens (tertiary/aromatic N) is 2. The van der Waals surface area contributed by atoms with Gasteiger partial charge in [-0.05, 0) is 42.4 Å². The molecule has 1 amide bonds. The number of rotatable bonds is 5. The van der Waals surface area contributed by atoms with Crippen LogP contribution in [0.3, 0.4) is 0 Å². The second-order valence-electron chi connectivity index (χ2n) is 7.69. The molecule has 1 heterocycles. The number of fused-ring (bicyclic) bond motifs is 1. The lowest BCUT2D eigenvalue weighted by Crippen LogP contribution is -2.22. The Balaban J connectivity index is 1.42. The molecule has 2 aromatic rings. The fourth-order valence-corrected chi connectivity index (χ4v) is 4.67. The molecule has 2 fully saturated rings. The molecular formula is C20H20ClN3O4. The quantitative estimate of drug-likeness (QED) is 0.442. The summed E-state index contributed by atoms with van der Waals surface area (Å²) in [5.41, 5.74) is 3.10. The van der Waals surface area contributed by atoms with E-state index in [4.69, 9.17) is 16.0 Å². The summed E-state index contributed by atoms with van der Waals surface area (Å²) >= 11 is 6.13. The zero-order valence-corrected chi connectivity index (χ0v) is 16.1. The van der Waals surface area contributed by atoms with Gasteiger partial charge in [0.25, 0.3) is 5.69 Å². The van der Waals surface area contributed by atoms with Crippen molar-refractivity contribution >= 4 is 29.4 Å². The first-order valence-corrected chi connectivity index (χ1v) is 9.65. The minimum Gasteiger partial charge on any atom is -0.455 e. The average Bonchev–Trinajstić information content (AvgIpc) is 3.03. The van der Waals surface area contributed by atoms with Gasteiger partial charge in [0.05, 0.1) is 16.2 Å². The highest BCUT2D eigenvalue weighted by Gasteiger charge is 2.64. The van der Waals surface area contributed by atoms with Crippen molar-refractivity contribution in [2.45, 2.75) is 32.6 Å². The molecule has 4 rings (SSSR count). The topological polar surface area (TPSA) is 97.7 Å². The van der Waals surface area contributed by atoms with Gasteiger partial charge in [-0.15, -0.1) is 0 Å². The molecule has 1 aromatic carbocycles. The van der Waals surface area contributed by atoms with E-state index in [2.05, 4.69) is 17.5 Å². The molecule has 28 heavy (non-hydrogen) atoms. The molecule has 8 heteroatoms. The number of nitro benzene ring substituents is 1. The summed E-state index contributed by atoms with van der Waals surface area (Å²) in [7, 11) is 0. The van der Waals surface area contributed by atoms with Crippen LogP contribution in [0.4, 0.5) is 5.69 Å². The molecule has 2 aliphatic carbocycles. The van der Waals surface area contributed by atoms with Crippen LogP contribution in [0.15, 0.2) is 39.9 Å². The van der Waals surface area contributed by atoms with E-state index >= 15 is 0 Å². The molecule has 7 nitrogen and oxygen atoms in total. The number of carbonyl (C=O) groups excluding carboxylic acids is 1. The molecule has 2 saturated carbocycles. The van der Waals surface area contributed by atoms with Crippen LogP contribution >= 0.6 is 11.6 Å². The van der Waals surface area contributed by atoms with Crippen molar-refractivity contribution in [3.63, 3.8) is 0 Å². The summed E-state index contributed by atoms with van der Waals surface area (Å²) in [4.78, 5) is 22.9. The van der Waals surface area contributed by atoms with Gasteiger partial charge in [0.2, 0.25) is 5.91 Å². The fraction of sp³-hybridized carbons (Fsp3) is 0.400. The molecule has 0 spiro atoms. The minimum atomic E-state index is -0.489. The van der Waals surface area contributed by atoms with Crippen molar-refractivity contribution < 1.29 is 14.1 Å². The summed E-state index contributed by atoms with van der Waals surface area (Å²) in [5, 5.41) is 15.3. The van der Waals surface area contributed by atoms with Crippen molar-refractivity contribution in [1.29, 1.82) is 0 Å². The lowest BCUT2D eigenvalue weighted by atomic mass is 9.90. The maximum Gasteiger partial charge on any atom is 0.270 e. The van der Waals surface area contributed by atoms with Gasteiger partial charge < -0.3 is 4.42 Å².